The van der Waals surface area contributed by atoms with Crippen molar-refractivity contribution < 1.29 is 9.90 Å². The van der Waals surface area contributed by atoms with Gasteiger partial charge in [0.05, 0.1) is 11.9 Å². The third-order valence-electron chi connectivity index (χ3n) is 3.88. The molecule has 1 fully saturated rings. The number of anilines is 1. The standard InChI is InChI=1S/C14H22N4O3/c1-10(19)14(21)15-8-11-3-5-18(6-4-11)12-7-13(20)17(2)16-9-12/h7,9-11,19H,3-6,8H2,1-2H3,(H,15,21)/t10-/m0/s1. The average molecular weight is 294 g/mol. The number of nitrogens with zero attached hydrogens (tertiary/aromatic N) is 3. The molecule has 0 saturated carbocycles. The molecule has 2 rings (SSSR count). The van der Waals surface area contributed by atoms with Gasteiger partial charge in [0.15, 0.2) is 0 Å². The van der Waals surface area contributed by atoms with Gasteiger partial charge in [0.1, 0.15) is 6.10 Å². The van der Waals surface area contributed by atoms with Gasteiger partial charge in [0.25, 0.3) is 5.56 Å². The molecule has 7 nitrogen and oxygen atoms in total. The van der Waals surface area contributed by atoms with Gasteiger partial charge >= 0.3 is 0 Å². The lowest BCUT2D eigenvalue weighted by Gasteiger charge is -2.33. The quantitative estimate of drug-likeness (QED) is 0.781. The van der Waals surface area contributed by atoms with E-state index in [0.717, 1.165) is 31.6 Å². The van der Waals surface area contributed by atoms with Gasteiger partial charge in [0.2, 0.25) is 5.91 Å². The number of aliphatic hydroxyl groups excluding tert-OH is 1. The number of nitrogens with one attached hydrogen (secondary N) is 1. The highest BCUT2D eigenvalue weighted by Crippen LogP contribution is 2.21. The van der Waals surface area contributed by atoms with E-state index in [9.17, 15) is 9.59 Å². The molecule has 2 N–H and O–H groups in total. The second kappa shape index (κ2) is 6.71. The van der Waals surface area contributed by atoms with Gasteiger partial charge in [-0.1, -0.05) is 0 Å². The fraction of sp³-hybridized carbons (Fsp3) is 0.643. The summed E-state index contributed by atoms with van der Waals surface area (Å²) in [5.41, 5.74) is 0.739. The number of aliphatic hydroxyl groups is 1. The second-order valence-corrected chi connectivity index (χ2v) is 5.53. The number of carbonyl (C=O) groups is 1. The highest BCUT2D eigenvalue weighted by Gasteiger charge is 2.21. The maximum absolute atomic E-state index is 11.6. The summed E-state index contributed by atoms with van der Waals surface area (Å²) in [6, 6.07) is 1.60. The Balaban J connectivity index is 1.84. The summed E-state index contributed by atoms with van der Waals surface area (Å²) >= 11 is 0. The van der Waals surface area contributed by atoms with Crippen LogP contribution in [0.4, 0.5) is 5.69 Å². The van der Waals surface area contributed by atoms with Gasteiger partial charge in [0, 0.05) is 32.7 Å². The number of amides is 1. The zero-order valence-electron chi connectivity index (χ0n) is 12.5. The number of aromatic nitrogens is 2. The second-order valence-electron chi connectivity index (χ2n) is 5.53. The SMILES string of the molecule is C[C@H](O)C(=O)NCC1CCN(c2cnn(C)c(=O)c2)CC1. The van der Waals surface area contributed by atoms with Gasteiger partial charge in [-0.15, -0.1) is 0 Å². The molecular formula is C14H22N4O3. The van der Waals surface area contributed by atoms with E-state index in [-0.39, 0.29) is 11.5 Å². The molecule has 116 valence electrons. The molecule has 1 aromatic heterocycles. The predicted octanol–water partition coefficient (Wildman–Crippen LogP) is -0.506. The van der Waals surface area contributed by atoms with Crippen molar-refractivity contribution in [1.82, 2.24) is 15.1 Å². The van der Waals surface area contributed by atoms with E-state index in [0.29, 0.717) is 12.5 Å². The molecule has 0 unspecified atom stereocenters. The van der Waals surface area contributed by atoms with E-state index in [1.807, 2.05) is 0 Å². The van der Waals surface area contributed by atoms with Crippen LogP contribution in [0, 0.1) is 5.92 Å². The maximum Gasteiger partial charge on any atom is 0.268 e. The Hall–Kier alpha value is -1.89. The molecule has 1 atom stereocenters. The minimum Gasteiger partial charge on any atom is -0.384 e. The van der Waals surface area contributed by atoms with E-state index in [2.05, 4.69) is 15.3 Å². The number of piperidine rings is 1. The Bertz CT molecular complexity index is 547. The molecule has 1 amide bonds. The number of rotatable bonds is 4. The fourth-order valence-corrected chi connectivity index (χ4v) is 2.42. The Morgan fingerprint density at radius 2 is 2.19 bits per heavy atom. The van der Waals surface area contributed by atoms with Crippen molar-refractivity contribution >= 4 is 11.6 Å². The summed E-state index contributed by atoms with van der Waals surface area (Å²) < 4.78 is 1.31. The summed E-state index contributed by atoms with van der Waals surface area (Å²) in [6.45, 7) is 3.72. The highest BCUT2D eigenvalue weighted by atomic mass is 16.3. The number of carbonyl (C=O) groups excluding carboxylic acids is 1. The van der Waals surface area contributed by atoms with Crippen molar-refractivity contribution in [3.05, 3.63) is 22.6 Å². The van der Waals surface area contributed by atoms with Gasteiger partial charge in [-0.3, -0.25) is 9.59 Å². The molecule has 0 spiro atoms. The zero-order valence-corrected chi connectivity index (χ0v) is 12.5. The van der Waals surface area contributed by atoms with Gasteiger partial charge in [-0.25, -0.2) is 4.68 Å². The Kier molecular flexibility index (Phi) is 4.95. The lowest BCUT2D eigenvalue weighted by Crippen LogP contribution is -2.41. The van der Waals surface area contributed by atoms with Crippen LogP contribution in [0.2, 0.25) is 0 Å². The summed E-state index contributed by atoms with van der Waals surface area (Å²) in [6.07, 6.45) is 2.62. The first kappa shape index (κ1) is 15.5. The molecule has 7 heteroatoms. The van der Waals surface area contributed by atoms with Crippen LogP contribution >= 0.6 is 0 Å². The molecular weight excluding hydrogens is 272 g/mol. The minimum atomic E-state index is -0.961. The molecule has 1 saturated heterocycles. The summed E-state index contributed by atoms with van der Waals surface area (Å²) in [7, 11) is 1.63. The first-order chi connectivity index (χ1) is 9.97. The van der Waals surface area contributed by atoms with Crippen LogP contribution < -0.4 is 15.8 Å². The van der Waals surface area contributed by atoms with Crippen molar-refractivity contribution in [3.63, 3.8) is 0 Å². The molecule has 0 bridgehead atoms. The van der Waals surface area contributed by atoms with E-state index < -0.39 is 6.10 Å². The van der Waals surface area contributed by atoms with Crippen LogP contribution in [-0.4, -0.2) is 46.5 Å². The van der Waals surface area contributed by atoms with Crippen LogP contribution in [0.5, 0.6) is 0 Å². The smallest absolute Gasteiger partial charge is 0.268 e. The topological polar surface area (TPSA) is 87.5 Å². The van der Waals surface area contributed by atoms with Crippen LogP contribution in [0.3, 0.4) is 0 Å². The first-order valence-corrected chi connectivity index (χ1v) is 7.21. The van der Waals surface area contributed by atoms with Crippen molar-refractivity contribution in [2.45, 2.75) is 25.9 Å². The molecule has 0 aliphatic carbocycles. The Morgan fingerprint density at radius 1 is 1.52 bits per heavy atom. The van der Waals surface area contributed by atoms with Crippen molar-refractivity contribution in [2.75, 3.05) is 24.5 Å². The van der Waals surface area contributed by atoms with Crippen molar-refractivity contribution in [3.8, 4) is 0 Å². The summed E-state index contributed by atoms with van der Waals surface area (Å²) in [5, 5.41) is 15.9. The normalized spacial score (nSPS) is 17.6. The van der Waals surface area contributed by atoms with E-state index >= 15 is 0 Å². The number of hydrogen-bond acceptors (Lipinski definition) is 5. The third-order valence-corrected chi connectivity index (χ3v) is 3.88. The number of hydrogen-bond donors (Lipinski definition) is 2. The van der Waals surface area contributed by atoms with Crippen LogP contribution in [0.1, 0.15) is 19.8 Å². The summed E-state index contributed by atoms with van der Waals surface area (Å²) in [5.74, 6) is 0.0802. The molecule has 2 heterocycles. The average Bonchev–Trinajstić information content (AvgIpc) is 2.48. The molecule has 1 aliphatic heterocycles. The van der Waals surface area contributed by atoms with Gasteiger partial charge in [-0.2, -0.15) is 5.10 Å². The molecule has 21 heavy (non-hydrogen) atoms. The first-order valence-electron chi connectivity index (χ1n) is 7.21. The predicted molar refractivity (Wildman–Crippen MR) is 79.1 cm³/mol. The largest absolute Gasteiger partial charge is 0.384 e. The van der Waals surface area contributed by atoms with Gasteiger partial charge in [-0.05, 0) is 25.7 Å². The van der Waals surface area contributed by atoms with E-state index in [4.69, 9.17) is 5.11 Å². The van der Waals surface area contributed by atoms with Crippen LogP contribution in [-0.2, 0) is 11.8 Å². The third kappa shape index (κ3) is 4.04. The molecule has 0 aromatic carbocycles. The zero-order chi connectivity index (χ0) is 15.4. The summed E-state index contributed by atoms with van der Waals surface area (Å²) in [4.78, 5) is 25.1. The van der Waals surface area contributed by atoms with Crippen LogP contribution in [0.15, 0.2) is 17.1 Å². The van der Waals surface area contributed by atoms with E-state index in [1.54, 1.807) is 19.3 Å². The lowest BCUT2D eigenvalue weighted by molar-refractivity contribution is -0.128. The number of aryl methyl sites for hydroxylation is 1. The van der Waals surface area contributed by atoms with Crippen LogP contribution in [0.25, 0.3) is 0 Å². The molecule has 1 aliphatic rings. The molecule has 0 radical (unpaired) electrons. The van der Waals surface area contributed by atoms with Crippen molar-refractivity contribution in [1.29, 1.82) is 0 Å². The monoisotopic (exact) mass is 294 g/mol. The highest BCUT2D eigenvalue weighted by molar-refractivity contribution is 5.79. The maximum atomic E-state index is 11.6. The lowest BCUT2D eigenvalue weighted by atomic mass is 9.96. The van der Waals surface area contributed by atoms with Crippen molar-refractivity contribution in [2.24, 2.45) is 13.0 Å². The molecule has 1 aromatic rings. The Morgan fingerprint density at radius 3 is 2.76 bits per heavy atom. The fourth-order valence-electron chi connectivity index (χ4n) is 2.42. The van der Waals surface area contributed by atoms with Gasteiger partial charge < -0.3 is 15.3 Å². The Labute approximate surface area is 123 Å². The minimum absolute atomic E-state index is 0.112. The van der Waals surface area contributed by atoms with E-state index in [1.165, 1.54) is 11.6 Å².